The Kier molecular flexibility index (Phi) is 4.96. The van der Waals surface area contributed by atoms with E-state index in [1.165, 1.54) is 10.6 Å². The van der Waals surface area contributed by atoms with E-state index in [4.69, 9.17) is 0 Å². The summed E-state index contributed by atoms with van der Waals surface area (Å²) in [7, 11) is 1.55. The molecule has 0 bridgehead atoms. The highest BCUT2D eigenvalue weighted by Crippen LogP contribution is 2.19. The molecule has 0 aliphatic carbocycles. The quantitative estimate of drug-likeness (QED) is 0.443. The van der Waals surface area contributed by atoms with Gasteiger partial charge in [0.1, 0.15) is 5.82 Å². The number of aromatic nitrogens is 4. The van der Waals surface area contributed by atoms with E-state index in [-0.39, 0.29) is 23.3 Å². The highest BCUT2D eigenvalue weighted by Gasteiger charge is 2.20. The Balaban J connectivity index is 1.90. The van der Waals surface area contributed by atoms with Crippen LogP contribution in [0.1, 0.15) is 16.7 Å². The lowest BCUT2D eigenvalue weighted by molar-refractivity contribution is 0.582. The van der Waals surface area contributed by atoms with Gasteiger partial charge in [-0.15, -0.1) is 0 Å². The summed E-state index contributed by atoms with van der Waals surface area (Å²) in [5.74, 6) is -0.462. The van der Waals surface area contributed by atoms with Crippen LogP contribution in [-0.4, -0.2) is 18.7 Å². The average molecular weight is 457 g/mol. The third kappa shape index (κ3) is 3.44. The van der Waals surface area contributed by atoms with Gasteiger partial charge in [-0.05, 0) is 34.5 Å². The van der Waals surface area contributed by atoms with E-state index in [9.17, 15) is 14.0 Å². The fourth-order valence-electron chi connectivity index (χ4n) is 3.30. The van der Waals surface area contributed by atoms with Crippen LogP contribution < -0.4 is 11.2 Å². The maximum absolute atomic E-state index is 14.1. The van der Waals surface area contributed by atoms with E-state index in [0.29, 0.717) is 11.3 Å². The van der Waals surface area contributed by atoms with Gasteiger partial charge in [0.2, 0.25) is 0 Å². The van der Waals surface area contributed by atoms with E-state index in [0.717, 1.165) is 15.7 Å². The molecule has 2 aromatic carbocycles. The molecule has 0 aliphatic rings. The van der Waals surface area contributed by atoms with Gasteiger partial charge in [0.25, 0.3) is 5.56 Å². The van der Waals surface area contributed by atoms with Crippen molar-refractivity contribution >= 4 is 27.1 Å². The lowest BCUT2D eigenvalue weighted by Gasteiger charge is -2.11. The first-order chi connectivity index (χ1) is 13.9. The molecule has 2 heterocycles. The molecule has 0 spiro atoms. The normalized spacial score (nSPS) is 11.3. The Bertz CT molecular complexity index is 1340. The Hall–Kier alpha value is -3.00. The van der Waals surface area contributed by atoms with Crippen molar-refractivity contribution in [1.82, 2.24) is 18.7 Å². The summed E-state index contributed by atoms with van der Waals surface area (Å²) in [4.78, 5) is 30.4. The fourth-order valence-corrected chi connectivity index (χ4v) is 3.77. The van der Waals surface area contributed by atoms with Crippen LogP contribution in [0.5, 0.6) is 0 Å². The molecule has 0 amide bonds. The first-order valence-electron chi connectivity index (χ1n) is 9.01. The van der Waals surface area contributed by atoms with E-state index >= 15 is 0 Å². The van der Waals surface area contributed by atoms with Crippen molar-refractivity contribution < 1.29 is 4.39 Å². The Morgan fingerprint density at radius 2 is 1.69 bits per heavy atom. The number of imidazole rings is 1. The third-order valence-electron chi connectivity index (χ3n) is 4.93. The molecule has 0 radical (unpaired) electrons. The Morgan fingerprint density at radius 1 is 1.00 bits per heavy atom. The van der Waals surface area contributed by atoms with Crippen LogP contribution in [0.4, 0.5) is 4.39 Å². The van der Waals surface area contributed by atoms with Gasteiger partial charge in [0.15, 0.2) is 15.9 Å². The first kappa shape index (κ1) is 19.3. The number of aryl methyl sites for hydroxylation is 2. The van der Waals surface area contributed by atoms with Gasteiger partial charge in [-0.1, -0.05) is 48.0 Å². The summed E-state index contributed by atoms with van der Waals surface area (Å²) in [6, 6.07) is 14.1. The topological polar surface area (TPSA) is 61.8 Å². The van der Waals surface area contributed by atoms with Gasteiger partial charge >= 0.3 is 5.69 Å². The van der Waals surface area contributed by atoms with Crippen molar-refractivity contribution in [2.24, 2.45) is 7.05 Å². The van der Waals surface area contributed by atoms with Crippen molar-refractivity contribution in [1.29, 1.82) is 0 Å². The minimum atomic E-state index is -0.543. The number of nitrogens with zero attached hydrogens (tertiary/aromatic N) is 4. The number of benzene rings is 2. The van der Waals surface area contributed by atoms with Crippen LogP contribution in [0.15, 0.2) is 62.9 Å². The maximum Gasteiger partial charge on any atom is 0.332 e. The number of fused-ring (bicyclic) bond motifs is 1. The molecule has 0 N–H and O–H groups in total. The van der Waals surface area contributed by atoms with Gasteiger partial charge < -0.3 is 4.57 Å². The molecule has 4 rings (SSSR count). The molecule has 0 unspecified atom stereocenters. The second kappa shape index (κ2) is 7.44. The number of halogens is 2. The zero-order valence-corrected chi connectivity index (χ0v) is 17.5. The lowest BCUT2D eigenvalue weighted by Crippen LogP contribution is -2.40. The highest BCUT2D eigenvalue weighted by molar-refractivity contribution is 9.10. The molecule has 6 nitrogen and oxygen atoms in total. The molecule has 0 saturated carbocycles. The highest BCUT2D eigenvalue weighted by atomic mass is 79.9. The van der Waals surface area contributed by atoms with Crippen molar-refractivity contribution in [2.75, 3.05) is 0 Å². The number of hydrogen-bond donors (Lipinski definition) is 0. The van der Waals surface area contributed by atoms with Crippen LogP contribution >= 0.6 is 15.9 Å². The lowest BCUT2D eigenvalue weighted by atomic mass is 10.1. The third-order valence-corrected chi connectivity index (χ3v) is 5.54. The van der Waals surface area contributed by atoms with Gasteiger partial charge in [-0.2, -0.15) is 0 Å². The molecular formula is C21H18BrFN4O2. The summed E-state index contributed by atoms with van der Waals surface area (Å²) in [6.45, 7) is 2.26. The minimum Gasteiger partial charge on any atom is -0.308 e. The fraction of sp³-hybridized carbons (Fsp3) is 0.190. The smallest absolute Gasteiger partial charge is 0.308 e. The van der Waals surface area contributed by atoms with Crippen LogP contribution in [0, 0.1) is 12.7 Å². The van der Waals surface area contributed by atoms with Crippen LogP contribution in [0.2, 0.25) is 0 Å². The van der Waals surface area contributed by atoms with E-state index in [1.54, 1.807) is 29.8 Å². The predicted octanol–water partition coefficient (Wildman–Crippen LogP) is 3.20. The largest absolute Gasteiger partial charge is 0.332 e. The molecule has 0 saturated heterocycles. The van der Waals surface area contributed by atoms with E-state index < -0.39 is 17.1 Å². The van der Waals surface area contributed by atoms with Crippen molar-refractivity contribution in [3.8, 4) is 0 Å². The van der Waals surface area contributed by atoms with Crippen molar-refractivity contribution in [3.05, 3.63) is 96.6 Å². The Morgan fingerprint density at radius 3 is 2.38 bits per heavy atom. The second-order valence-corrected chi connectivity index (χ2v) is 7.66. The number of rotatable bonds is 4. The molecule has 148 valence electrons. The summed E-state index contributed by atoms with van der Waals surface area (Å²) < 4.78 is 18.6. The van der Waals surface area contributed by atoms with Gasteiger partial charge in [-0.3, -0.25) is 13.9 Å². The van der Waals surface area contributed by atoms with Gasteiger partial charge in [-0.25, -0.2) is 14.2 Å². The number of hydrogen-bond acceptors (Lipinski definition) is 3. The maximum atomic E-state index is 14.1. The van der Waals surface area contributed by atoms with Crippen LogP contribution in [0.25, 0.3) is 11.2 Å². The molecular weight excluding hydrogens is 439 g/mol. The summed E-state index contributed by atoms with van der Waals surface area (Å²) in [6.07, 6.45) is 0. The van der Waals surface area contributed by atoms with Crippen LogP contribution in [-0.2, 0) is 20.1 Å². The average Bonchev–Trinajstić information content (AvgIpc) is 3.03. The SMILES string of the molecule is Cc1ccc(Cn2c(Br)nc3c2c(=O)n(Cc2ccccc2F)c(=O)n3C)cc1. The van der Waals surface area contributed by atoms with Crippen molar-refractivity contribution in [2.45, 2.75) is 20.0 Å². The molecule has 29 heavy (non-hydrogen) atoms. The van der Waals surface area contributed by atoms with Gasteiger partial charge in [0, 0.05) is 12.6 Å². The van der Waals surface area contributed by atoms with E-state index in [1.807, 2.05) is 31.2 Å². The minimum absolute atomic E-state index is 0.151. The molecule has 0 aliphatic heterocycles. The van der Waals surface area contributed by atoms with E-state index in [2.05, 4.69) is 20.9 Å². The van der Waals surface area contributed by atoms with Gasteiger partial charge in [0.05, 0.1) is 13.1 Å². The summed E-state index contributed by atoms with van der Waals surface area (Å²) in [5, 5.41) is 0. The monoisotopic (exact) mass is 456 g/mol. The Labute approximate surface area is 174 Å². The zero-order valence-electron chi connectivity index (χ0n) is 15.9. The standard InChI is InChI=1S/C21H18BrFN4O2/c1-13-7-9-14(10-8-13)11-26-17-18(24-20(26)22)25(2)21(29)27(19(17)28)12-15-5-3-4-6-16(15)23/h3-10H,11-12H2,1-2H3. The zero-order chi connectivity index (χ0) is 20.7. The molecule has 2 aromatic heterocycles. The molecule has 8 heteroatoms. The van der Waals surface area contributed by atoms with Crippen molar-refractivity contribution in [3.63, 3.8) is 0 Å². The first-order valence-corrected chi connectivity index (χ1v) is 9.80. The van der Waals surface area contributed by atoms with Crippen LogP contribution in [0.3, 0.4) is 0 Å². The summed E-state index contributed by atoms with van der Waals surface area (Å²) in [5.41, 5.74) is 1.92. The molecule has 0 atom stereocenters. The summed E-state index contributed by atoms with van der Waals surface area (Å²) >= 11 is 3.41. The molecule has 4 aromatic rings. The second-order valence-electron chi connectivity index (χ2n) is 6.95. The molecule has 0 fully saturated rings. The predicted molar refractivity (Wildman–Crippen MR) is 113 cm³/mol.